The first-order valence-corrected chi connectivity index (χ1v) is 6.28. The van der Waals surface area contributed by atoms with Gasteiger partial charge in [0.15, 0.2) is 0 Å². The van der Waals surface area contributed by atoms with Crippen molar-refractivity contribution < 1.29 is 18.1 Å². The van der Waals surface area contributed by atoms with Crippen LogP contribution in [-0.2, 0) is 15.1 Å². The molecule has 1 aromatic carbocycles. The van der Waals surface area contributed by atoms with Crippen LogP contribution in [0.4, 0.5) is 0 Å². The van der Waals surface area contributed by atoms with E-state index in [2.05, 4.69) is 0 Å². The van der Waals surface area contributed by atoms with E-state index in [1.54, 1.807) is 37.3 Å². The van der Waals surface area contributed by atoms with Crippen LogP contribution in [0, 0.1) is 5.92 Å². The molecule has 1 aromatic rings. The molecule has 0 fully saturated rings. The van der Waals surface area contributed by atoms with Gasteiger partial charge in [0.25, 0.3) is 10.1 Å². The Bertz CT molecular complexity index is 547. The molecule has 0 spiro atoms. The third-order valence-corrected chi connectivity index (χ3v) is 4.30. The molecule has 0 amide bonds. The summed E-state index contributed by atoms with van der Waals surface area (Å²) < 4.78 is 31.9. The molecule has 1 aliphatic carbocycles. The molecule has 4 nitrogen and oxygen atoms in total. The molecular formula is C11H12O4S. The van der Waals surface area contributed by atoms with Gasteiger partial charge in [0, 0.05) is 11.5 Å². The second-order valence-corrected chi connectivity index (χ2v) is 5.48. The molecular weight excluding hydrogens is 228 g/mol. The number of fused-ring (bicyclic) bond motifs is 1. The van der Waals surface area contributed by atoms with Crippen molar-refractivity contribution >= 4 is 16.2 Å². The molecule has 16 heavy (non-hydrogen) atoms. The fraction of sp³-hybridized carbons (Fsp3) is 0.273. The molecule has 2 atom stereocenters. The third-order valence-electron chi connectivity index (χ3n) is 2.92. The summed E-state index contributed by atoms with van der Waals surface area (Å²) >= 11 is 0. The van der Waals surface area contributed by atoms with Crippen LogP contribution >= 0.6 is 0 Å². The Kier molecular flexibility index (Phi) is 2.41. The highest BCUT2D eigenvalue weighted by Gasteiger charge is 2.49. The van der Waals surface area contributed by atoms with Crippen molar-refractivity contribution in [3.8, 4) is 0 Å². The van der Waals surface area contributed by atoms with E-state index in [-0.39, 0.29) is 5.56 Å². The monoisotopic (exact) mass is 240 g/mol. The lowest BCUT2D eigenvalue weighted by molar-refractivity contribution is 0.0747. The average Bonchev–Trinajstić information content (AvgIpc) is 2.22. The maximum atomic E-state index is 11.4. The number of benzene rings is 1. The predicted molar refractivity (Wildman–Crippen MR) is 60.1 cm³/mol. The summed E-state index contributed by atoms with van der Waals surface area (Å²) in [5.74, 6) is -0.697. The highest BCUT2D eigenvalue weighted by molar-refractivity contribution is 7.86. The van der Waals surface area contributed by atoms with Gasteiger partial charge in [-0.3, -0.25) is 4.55 Å². The van der Waals surface area contributed by atoms with Crippen LogP contribution in [0.25, 0.3) is 6.08 Å². The maximum absolute atomic E-state index is 11.4. The standard InChI is InChI=1S/C11H12O4S/c1-8-6-7-9-4-2-3-5-10(9)11(8,12)16(13,14)15/h2-8,12H,1H3,(H,13,14,15). The molecule has 5 heteroatoms. The molecule has 0 aromatic heterocycles. The van der Waals surface area contributed by atoms with Crippen LogP contribution in [-0.4, -0.2) is 18.1 Å². The van der Waals surface area contributed by atoms with Crippen molar-refractivity contribution in [3.63, 3.8) is 0 Å². The van der Waals surface area contributed by atoms with E-state index in [0.29, 0.717) is 5.56 Å². The van der Waals surface area contributed by atoms with Crippen LogP contribution in [0.3, 0.4) is 0 Å². The zero-order valence-corrected chi connectivity index (χ0v) is 9.48. The number of rotatable bonds is 1. The lowest BCUT2D eigenvalue weighted by atomic mass is 9.87. The molecule has 2 N–H and O–H groups in total. The van der Waals surface area contributed by atoms with E-state index in [1.165, 1.54) is 6.07 Å². The highest BCUT2D eigenvalue weighted by Crippen LogP contribution is 2.41. The molecule has 0 saturated heterocycles. The van der Waals surface area contributed by atoms with E-state index in [0.717, 1.165) is 0 Å². The lowest BCUT2D eigenvalue weighted by Gasteiger charge is -2.33. The minimum absolute atomic E-state index is 0.215. The van der Waals surface area contributed by atoms with Gasteiger partial charge in [-0.2, -0.15) is 8.42 Å². The molecule has 2 unspecified atom stereocenters. The molecule has 0 radical (unpaired) electrons. The Morgan fingerprint density at radius 1 is 1.31 bits per heavy atom. The van der Waals surface area contributed by atoms with Gasteiger partial charge in [0.05, 0.1) is 0 Å². The molecule has 0 saturated carbocycles. The van der Waals surface area contributed by atoms with Gasteiger partial charge < -0.3 is 5.11 Å². The Hall–Kier alpha value is -1.17. The van der Waals surface area contributed by atoms with Crippen molar-refractivity contribution in [2.75, 3.05) is 0 Å². The number of aliphatic hydroxyl groups is 1. The fourth-order valence-electron chi connectivity index (χ4n) is 1.97. The summed E-state index contributed by atoms with van der Waals surface area (Å²) in [5.41, 5.74) is 0.813. The largest absolute Gasteiger partial charge is 0.369 e. The van der Waals surface area contributed by atoms with Crippen molar-refractivity contribution in [2.45, 2.75) is 11.9 Å². The Labute approximate surface area is 94.0 Å². The maximum Gasteiger partial charge on any atom is 0.300 e. The van der Waals surface area contributed by atoms with Crippen LogP contribution in [0.1, 0.15) is 18.1 Å². The normalized spacial score (nSPS) is 28.8. The van der Waals surface area contributed by atoms with Crippen LogP contribution in [0.5, 0.6) is 0 Å². The minimum Gasteiger partial charge on any atom is -0.369 e. The van der Waals surface area contributed by atoms with Gasteiger partial charge in [-0.25, -0.2) is 0 Å². The molecule has 0 bridgehead atoms. The van der Waals surface area contributed by atoms with Crippen molar-refractivity contribution in [2.24, 2.45) is 5.92 Å². The van der Waals surface area contributed by atoms with E-state index in [1.807, 2.05) is 0 Å². The van der Waals surface area contributed by atoms with E-state index in [4.69, 9.17) is 0 Å². The van der Waals surface area contributed by atoms with Gasteiger partial charge in [-0.05, 0) is 5.56 Å². The topological polar surface area (TPSA) is 74.6 Å². The molecule has 0 heterocycles. The quantitative estimate of drug-likeness (QED) is 0.727. The molecule has 86 valence electrons. The average molecular weight is 240 g/mol. The Balaban J connectivity index is 2.76. The first-order chi connectivity index (χ1) is 7.37. The highest BCUT2D eigenvalue weighted by atomic mass is 32.2. The van der Waals surface area contributed by atoms with Gasteiger partial charge in [0.1, 0.15) is 0 Å². The lowest BCUT2D eigenvalue weighted by Crippen LogP contribution is -2.42. The predicted octanol–water partition coefficient (Wildman–Crippen LogP) is 1.38. The Morgan fingerprint density at radius 2 is 1.94 bits per heavy atom. The summed E-state index contributed by atoms with van der Waals surface area (Å²) in [5, 5.41) is 10.2. The summed E-state index contributed by atoms with van der Waals surface area (Å²) in [4.78, 5) is -2.25. The van der Waals surface area contributed by atoms with Gasteiger partial charge in [-0.15, -0.1) is 0 Å². The summed E-state index contributed by atoms with van der Waals surface area (Å²) in [6, 6.07) is 6.56. The third kappa shape index (κ3) is 1.40. The summed E-state index contributed by atoms with van der Waals surface area (Å²) in [7, 11) is -4.58. The summed E-state index contributed by atoms with van der Waals surface area (Å²) in [6.45, 7) is 1.54. The fourth-order valence-corrected chi connectivity index (χ4v) is 2.98. The summed E-state index contributed by atoms with van der Waals surface area (Å²) in [6.07, 6.45) is 3.30. The first-order valence-electron chi connectivity index (χ1n) is 4.84. The zero-order chi connectivity index (χ0) is 12.0. The second-order valence-electron chi connectivity index (χ2n) is 3.91. The Morgan fingerprint density at radius 3 is 2.56 bits per heavy atom. The van der Waals surface area contributed by atoms with Gasteiger partial charge >= 0.3 is 0 Å². The van der Waals surface area contributed by atoms with Crippen LogP contribution < -0.4 is 0 Å². The van der Waals surface area contributed by atoms with Crippen molar-refractivity contribution in [3.05, 3.63) is 41.5 Å². The number of hydrogen-bond acceptors (Lipinski definition) is 3. The number of hydrogen-bond donors (Lipinski definition) is 2. The molecule has 2 rings (SSSR count). The van der Waals surface area contributed by atoms with Crippen molar-refractivity contribution in [1.29, 1.82) is 0 Å². The van der Waals surface area contributed by atoms with Crippen molar-refractivity contribution in [1.82, 2.24) is 0 Å². The van der Waals surface area contributed by atoms with E-state index < -0.39 is 21.0 Å². The molecule has 1 aliphatic rings. The second kappa shape index (κ2) is 3.41. The van der Waals surface area contributed by atoms with E-state index >= 15 is 0 Å². The van der Waals surface area contributed by atoms with Gasteiger partial charge in [0.2, 0.25) is 4.93 Å². The SMILES string of the molecule is CC1C=Cc2ccccc2C1(O)S(=O)(=O)O. The smallest absolute Gasteiger partial charge is 0.300 e. The minimum atomic E-state index is -4.58. The van der Waals surface area contributed by atoms with E-state index in [9.17, 15) is 18.1 Å². The van der Waals surface area contributed by atoms with Gasteiger partial charge in [-0.1, -0.05) is 43.3 Å². The first kappa shape index (κ1) is 11.3. The van der Waals surface area contributed by atoms with Crippen LogP contribution in [0.2, 0.25) is 0 Å². The van der Waals surface area contributed by atoms with Crippen LogP contribution in [0.15, 0.2) is 30.3 Å². The molecule has 0 aliphatic heterocycles. The zero-order valence-electron chi connectivity index (χ0n) is 8.66.